The van der Waals surface area contributed by atoms with Gasteiger partial charge in [-0.1, -0.05) is 31.0 Å². The Hall–Kier alpha value is -1.84. The largest absolute Gasteiger partial charge is 0.345 e. The number of carbonyl (C=O) groups is 2. The lowest BCUT2D eigenvalue weighted by Crippen LogP contribution is -2.40. The molecular weight excluding hydrogens is 228 g/mol. The minimum Gasteiger partial charge on any atom is -0.345 e. The number of aryl methyl sites for hydroxylation is 1. The van der Waals surface area contributed by atoms with Gasteiger partial charge < -0.3 is 10.6 Å². The number of rotatable bonds is 2. The fourth-order valence-electron chi connectivity index (χ4n) is 2.21. The number of para-hydroxylation sites is 1. The molecule has 0 radical (unpaired) electrons. The highest BCUT2D eigenvalue weighted by molar-refractivity contribution is 6.39. The lowest BCUT2D eigenvalue weighted by Gasteiger charge is -2.12. The lowest BCUT2D eigenvalue weighted by molar-refractivity contribution is -0.136. The van der Waals surface area contributed by atoms with Crippen molar-refractivity contribution >= 4 is 17.5 Å². The van der Waals surface area contributed by atoms with Crippen LogP contribution in [0.15, 0.2) is 24.3 Å². The second kappa shape index (κ2) is 5.67. The average molecular weight is 246 g/mol. The van der Waals surface area contributed by atoms with Gasteiger partial charge in [-0.25, -0.2) is 0 Å². The minimum atomic E-state index is -0.587. The van der Waals surface area contributed by atoms with Crippen molar-refractivity contribution in [3.8, 4) is 0 Å². The lowest BCUT2D eigenvalue weighted by atomic mass is 10.2. The molecule has 1 aliphatic rings. The van der Waals surface area contributed by atoms with Gasteiger partial charge in [-0.05, 0) is 31.4 Å². The van der Waals surface area contributed by atoms with Crippen LogP contribution in [0.5, 0.6) is 0 Å². The van der Waals surface area contributed by atoms with Crippen molar-refractivity contribution in [3.05, 3.63) is 29.8 Å². The van der Waals surface area contributed by atoms with Crippen LogP contribution in [-0.4, -0.2) is 17.9 Å². The van der Waals surface area contributed by atoms with E-state index in [1.54, 1.807) is 6.07 Å². The van der Waals surface area contributed by atoms with Crippen molar-refractivity contribution in [2.24, 2.45) is 0 Å². The summed E-state index contributed by atoms with van der Waals surface area (Å²) in [5.74, 6) is -1.12. The van der Waals surface area contributed by atoms with Crippen LogP contribution < -0.4 is 10.6 Å². The summed E-state index contributed by atoms with van der Waals surface area (Å²) in [5.41, 5.74) is 1.63. The number of benzene rings is 1. The molecular formula is C14H18N2O2. The van der Waals surface area contributed by atoms with Gasteiger partial charge in [0.05, 0.1) is 0 Å². The van der Waals surface area contributed by atoms with Crippen molar-refractivity contribution in [1.29, 1.82) is 0 Å². The molecule has 4 nitrogen and oxygen atoms in total. The molecule has 0 spiro atoms. The maximum Gasteiger partial charge on any atom is 0.313 e. The molecule has 4 heteroatoms. The summed E-state index contributed by atoms with van der Waals surface area (Å²) < 4.78 is 0. The van der Waals surface area contributed by atoms with Crippen molar-refractivity contribution < 1.29 is 9.59 Å². The number of anilines is 1. The van der Waals surface area contributed by atoms with E-state index in [4.69, 9.17) is 0 Å². The Balaban J connectivity index is 1.91. The Morgan fingerprint density at radius 1 is 1.11 bits per heavy atom. The molecule has 0 aromatic heterocycles. The molecule has 0 aliphatic heterocycles. The van der Waals surface area contributed by atoms with Gasteiger partial charge in [0.1, 0.15) is 0 Å². The van der Waals surface area contributed by atoms with Gasteiger partial charge in [0.2, 0.25) is 0 Å². The summed E-state index contributed by atoms with van der Waals surface area (Å²) in [6.07, 6.45) is 4.21. The van der Waals surface area contributed by atoms with E-state index in [1.165, 1.54) is 0 Å². The molecule has 96 valence electrons. The first-order valence-corrected chi connectivity index (χ1v) is 6.34. The molecule has 0 bridgehead atoms. The summed E-state index contributed by atoms with van der Waals surface area (Å²) in [5, 5.41) is 5.40. The number of carbonyl (C=O) groups excluding carboxylic acids is 2. The fraction of sp³-hybridized carbons (Fsp3) is 0.429. The first-order chi connectivity index (χ1) is 8.66. The van der Waals surface area contributed by atoms with Crippen LogP contribution in [0.3, 0.4) is 0 Å². The summed E-state index contributed by atoms with van der Waals surface area (Å²) in [4.78, 5) is 23.4. The zero-order chi connectivity index (χ0) is 13.0. The average Bonchev–Trinajstić information content (AvgIpc) is 2.84. The molecule has 2 N–H and O–H groups in total. The summed E-state index contributed by atoms with van der Waals surface area (Å²) >= 11 is 0. The first kappa shape index (κ1) is 12.6. The second-order valence-corrected chi connectivity index (χ2v) is 4.72. The quantitative estimate of drug-likeness (QED) is 0.784. The minimum absolute atomic E-state index is 0.167. The number of nitrogens with one attached hydrogen (secondary N) is 2. The molecule has 0 heterocycles. The normalized spacial score (nSPS) is 15.4. The summed E-state index contributed by atoms with van der Waals surface area (Å²) in [6, 6.07) is 7.57. The van der Waals surface area contributed by atoms with E-state index in [9.17, 15) is 9.59 Å². The molecule has 1 aromatic carbocycles. The standard InChI is InChI=1S/C14H18N2O2/c1-10-6-2-5-9-12(10)16-14(18)13(17)15-11-7-3-4-8-11/h2,5-6,9,11H,3-4,7-8H2,1H3,(H,15,17)(H,16,18). The molecule has 1 saturated carbocycles. The highest BCUT2D eigenvalue weighted by Gasteiger charge is 2.21. The molecule has 2 amide bonds. The molecule has 18 heavy (non-hydrogen) atoms. The van der Waals surface area contributed by atoms with Crippen LogP contribution in [0.4, 0.5) is 5.69 Å². The Kier molecular flexibility index (Phi) is 3.97. The van der Waals surface area contributed by atoms with E-state index in [2.05, 4.69) is 10.6 Å². The van der Waals surface area contributed by atoms with Gasteiger partial charge >= 0.3 is 11.8 Å². The van der Waals surface area contributed by atoms with Gasteiger partial charge in [0, 0.05) is 11.7 Å². The van der Waals surface area contributed by atoms with Gasteiger partial charge in [0.25, 0.3) is 0 Å². The predicted molar refractivity (Wildman–Crippen MR) is 70.2 cm³/mol. The SMILES string of the molecule is Cc1ccccc1NC(=O)C(=O)NC1CCCC1. The maximum atomic E-state index is 11.7. The molecule has 0 unspecified atom stereocenters. The van der Waals surface area contributed by atoms with E-state index in [1.807, 2.05) is 25.1 Å². The van der Waals surface area contributed by atoms with Gasteiger partial charge in [-0.15, -0.1) is 0 Å². The number of amides is 2. The van der Waals surface area contributed by atoms with Crippen LogP contribution in [-0.2, 0) is 9.59 Å². The molecule has 1 aliphatic carbocycles. The van der Waals surface area contributed by atoms with Gasteiger partial charge in [-0.2, -0.15) is 0 Å². The molecule has 0 atom stereocenters. The molecule has 1 fully saturated rings. The van der Waals surface area contributed by atoms with Gasteiger partial charge in [0.15, 0.2) is 0 Å². The topological polar surface area (TPSA) is 58.2 Å². The molecule has 2 rings (SSSR count). The molecule has 1 aromatic rings. The van der Waals surface area contributed by atoms with Crippen molar-refractivity contribution in [3.63, 3.8) is 0 Å². The van der Waals surface area contributed by atoms with Gasteiger partial charge in [-0.3, -0.25) is 9.59 Å². The second-order valence-electron chi connectivity index (χ2n) is 4.72. The van der Waals surface area contributed by atoms with Crippen LogP contribution in [0.2, 0.25) is 0 Å². The van der Waals surface area contributed by atoms with E-state index in [-0.39, 0.29) is 6.04 Å². The third-order valence-electron chi connectivity index (χ3n) is 3.29. The maximum absolute atomic E-state index is 11.7. The van der Waals surface area contributed by atoms with Crippen molar-refractivity contribution in [2.75, 3.05) is 5.32 Å². The van der Waals surface area contributed by atoms with Crippen molar-refractivity contribution in [1.82, 2.24) is 5.32 Å². The van der Waals surface area contributed by atoms with E-state index in [0.29, 0.717) is 5.69 Å². The zero-order valence-corrected chi connectivity index (χ0v) is 10.5. The first-order valence-electron chi connectivity index (χ1n) is 6.34. The van der Waals surface area contributed by atoms with Crippen LogP contribution in [0, 0.1) is 6.92 Å². The zero-order valence-electron chi connectivity index (χ0n) is 10.5. The smallest absolute Gasteiger partial charge is 0.313 e. The highest BCUT2D eigenvalue weighted by Crippen LogP contribution is 2.17. The Labute approximate surface area is 107 Å². The van der Waals surface area contributed by atoms with Crippen LogP contribution in [0.25, 0.3) is 0 Å². The van der Waals surface area contributed by atoms with E-state index in [0.717, 1.165) is 31.2 Å². The van der Waals surface area contributed by atoms with E-state index >= 15 is 0 Å². The molecule has 0 saturated heterocycles. The van der Waals surface area contributed by atoms with Crippen molar-refractivity contribution in [2.45, 2.75) is 38.6 Å². The summed E-state index contributed by atoms with van der Waals surface area (Å²) in [6.45, 7) is 1.89. The van der Waals surface area contributed by atoms with Crippen LogP contribution in [0.1, 0.15) is 31.2 Å². The fourth-order valence-corrected chi connectivity index (χ4v) is 2.21. The predicted octanol–water partition coefficient (Wildman–Crippen LogP) is 1.99. The third-order valence-corrected chi connectivity index (χ3v) is 3.29. The Bertz CT molecular complexity index is 451. The monoisotopic (exact) mass is 246 g/mol. The summed E-state index contributed by atoms with van der Waals surface area (Å²) in [7, 11) is 0. The Morgan fingerprint density at radius 3 is 2.44 bits per heavy atom. The van der Waals surface area contributed by atoms with E-state index < -0.39 is 11.8 Å². The Morgan fingerprint density at radius 2 is 1.78 bits per heavy atom. The highest BCUT2D eigenvalue weighted by atomic mass is 16.2. The third kappa shape index (κ3) is 3.09. The van der Waals surface area contributed by atoms with Crippen LogP contribution >= 0.6 is 0 Å². The number of hydrogen-bond acceptors (Lipinski definition) is 2. The number of hydrogen-bond donors (Lipinski definition) is 2.